The highest BCUT2D eigenvalue weighted by atomic mass is 16.4. The number of carbonyl (C=O) groups is 1. The average Bonchev–Trinajstić information content (AvgIpc) is 2.52. The number of aliphatic hydroxyl groups is 1. The van der Waals surface area contributed by atoms with Crippen LogP contribution in [0.15, 0.2) is 48.6 Å². The Bertz CT molecular complexity index is 392. The molecule has 0 saturated carbocycles. The van der Waals surface area contributed by atoms with Gasteiger partial charge >= 0.3 is 5.97 Å². The van der Waals surface area contributed by atoms with Gasteiger partial charge in [0, 0.05) is 6.42 Å². The molecular weight excluding hydrogens is 288 g/mol. The highest BCUT2D eigenvalue weighted by Gasteiger charge is 1.94. The van der Waals surface area contributed by atoms with Gasteiger partial charge in [0.15, 0.2) is 0 Å². The number of unbranched alkanes of at least 4 members (excludes halogenated alkanes) is 4. The lowest BCUT2D eigenvalue weighted by molar-refractivity contribution is -0.137. The Morgan fingerprint density at radius 1 is 0.957 bits per heavy atom. The van der Waals surface area contributed by atoms with Gasteiger partial charge in [0.05, 0.1) is 6.10 Å². The van der Waals surface area contributed by atoms with E-state index in [1.807, 2.05) is 24.3 Å². The average molecular weight is 320 g/mol. The Balaban J connectivity index is 3.62. The van der Waals surface area contributed by atoms with Crippen LogP contribution in [0.4, 0.5) is 0 Å². The van der Waals surface area contributed by atoms with E-state index in [2.05, 4.69) is 25.2 Å². The molecule has 0 heterocycles. The van der Waals surface area contributed by atoms with Crippen molar-refractivity contribution in [2.45, 2.75) is 70.8 Å². The summed E-state index contributed by atoms with van der Waals surface area (Å²) in [5.41, 5.74) is 0. The summed E-state index contributed by atoms with van der Waals surface area (Å²) in [5, 5.41) is 18.2. The van der Waals surface area contributed by atoms with E-state index in [-0.39, 0.29) is 6.42 Å². The Hall–Kier alpha value is -1.61. The quantitative estimate of drug-likeness (QED) is 0.263. The minimum absolute atomic E-state index is 0.203. The smallest absolute Gasteiger partial charge is 0.303 e. The van der Waals surface area contributed by atoms with Crippen molar-refractivity contribution in [3.05, 3.63) is 48.6 Å². The summed E-state index contributed by atoms with van der Waals surface area (Å²) in [4.78, 5) is 10.3. The molecule has 3 nitrogen and oxygen atoms in total. The molecular formula is C20H32O3. The van der Waals surface area contributed by atoms with Gasteiger partial charge in [-0.1, -0.05) is 68.4 Å². The molecule has 3 heteroatoms. The van der Waals surface area contributed by atoms with E-state index < -0.39 is 12.1 Å². The van der Waals surface area contributed by atoms with Gasteiger partial charge in [0.1, 0.15) is 0 Å². The molecule has 0 aliphatic heterocycles. The van der Waals surface area contributed by atoms with Crippen LogP contribution in [0.2, 0.25) is 0 Å². The van der Waals surface area contributed by atoms with Crippen LogP contribution in [0.3, 0.4) is 0 Å². The molecule has 0 aromatic carbocycles. The third kappa shape index (κ3) is 18.3. The van der Waals surface area contributed by atoms with Crippen molar-refractivity contribution in [2.24, 2.45) is 0 Å². The summed E-state index contributed by atoms with van der Waals surface area (Å²) in [5.74, 6) is -0.757. The lowest BCUT2D eigenvalue weighted by Crippen LogP contribution is -1.98. The molecule has 0 saturated heterocycles. The number of rotatable bonds is 14. The minimum Gasteiger partial charge on any atom is -0.481 e. The van der Waals surface area contributed by atoms with Crippen LogP contribution in [0.5, 0.6) is 0 Å². The zero-order valence-corrected chi connectivity index (χ0v) is 14.4. The molecule has 0 radical (unpaired) electrons. The van der Waals surface area contributed by atoms with Crippen molar-refractivity contribution < 1.29 is 15.0 Å². The lowest BCUT2D eigenvalue weighted by atomic mass is 10.2. The largest absolute Gasteiger partial charge is 0.481 e. The van der Waals surface area contributed by atoms with Gasteiger partial charge in [-0.2, -0.15) is 0 Å². The maximum absolute atomic E-state index is 10.3. The fourth-order valence-electron chi connectivity index (χ4n) is 1.95. The van der Waals surface area contributed by atoms with Gasteiger partial charge < -0.3 is 10.2 Å². The van der Waals surface area contributed by atoms with Crippen LogP contribution in [-0.4, -0.2) is 22.3 Å². The highest BCUT2D eigenvalue weighted by Crippen LogP contribution is 2.02. The number of allylic oxidation sites excluding steroid dienone is 6. The molecule has 0 aliphatic rings. The third-order valence-electron chi connectivity index (χ3n) is 3.30. The first-order valence-electron chi connectivity index (χ1n) is 8.70. The fraction of sp³-hybridized carbons (Fsp3) is 0.550. The van der Waals surface area contributed by atoms with E-state index in [1.165, 1.54) is 19.3 Å². The van der Waals surface area contributed by atoms with Gasteiger partial charge in [0.25, 0.3) is 0 Å². The molecule has 130 valence electrons. The standard InChI is InChI=1S/C20H32O3/c1-2-3-4-5-6-7-8-10-13-16-19(21)17-14-11-9-12-15-18-20(22)23/h6-7,9-11,13-14,17,19,21H,2-5,8,12,15-16,18H2,1H3,(H,22,23)/b7-6-,11-9-,13-10-,17-14-. The number of aliphatic hydroxyl groups excluding tert-OH is 1. The van der Waals surface area contributed by atoms with E-state index in [4.69, 9.17) is 5.11 Å². The second-order valence-electron chi connectivity index (χ2n) is 5.58. The molecule has 0 aliphatic carbocycles. The molecule has 0 aromatic rings. The van der Waals surface area contributed by atoms with E-state index in [0.717, 1.165) is 19.3 Å². The van der Waals surface area contributed by atoms with Gasteiger partial charge in [0.2, 0.25) is 0 Å². The van der Waals surface area contributed by atoms with Crippen LogP contribution >= 0.6 is 0 Å². The van der Waals surface area contributed by atoms with E-state index >= 15 is 0 Å². The van der Waals surface area contributed by atoms with Crippen LogP contribution in [0.1, 0.15) is 64.7 Å². The van der Waals surface area contributed by atoms with Crippen LogP contribution in [0, 0.1) is 0 Å². The maximum Gasteiger partial charge on any atom is 0.303 e. The third-order valence-corrected chi connectivity index (χ3v) is 3.30. The zero-order valence-electron chi connectivity index (χ0n) is 14.4. The second-order valence-corrected chi connectivity index (χ2v) is 5.58. The normalized spacial score (nSPS) is 13.8. The summed E-state index contributed by atoms with van der Waals surface area (Å²) in [6.07, 6.45) is 23.5. The molecule has 0 amide bonds. The molecule has 0 spiro atoms. The summed E-state index contributed by atoms with van der Waals surface area (Å²) in [6, 6.07) is 0. The fourth-order valence-corrected chi connectivity index (χ4v) is 1.95. The van der Waals surface area contributed by atoms with E-state index in [1.54, 1.807) is 6.08 Å². The lowest BCUT2D eigenvalue weighted by Gasteiger charge is -1.98. The number of carboxylic acid groups (broad SMARTS) is 1. The van der Waals surface area contributed by atoms with Gasteiger partial charge in [-0.25, -0.2) is 0 Å². The maximum atomic E-state index is 10.3. The molecule has 2 N–H and O–H groups in total. The van der Waals surface area contributed by atoms with Crippen molar-refractivity contribution in [1.29, 1.82) is 0 Å². The number of aliphatic carboxylic acids is 1. The first kappa shape index (κ1) is 21.4. The van der Waals surface area contributed by atoms with Crippen LogP contribution in [0.25, 0.3) is 0 Å². The molecule has 23 heavy (non-hydrogen) atoms. The first-order chi connectivity index (χ1) is 11.2. The van der Waals surface area contributed by atoms with Crippen molar-refractivity contribution in [2.75, 3.05) is 0 Å². The summed E-state index contributed by atoms with van der Waals surface area (Å²) >= 11 is 0. The second kappa shape index (κ2) is 16.8. The van der Waals surface area contributed by atoms with Crippen molar-refractivity contribution in [3.63, 3.8) is 0 Å². The molecule has 1 unspecified atom stereocenters. The van der Waals surface area contributed by atoms with Gasteiger partial charge in [-0.15, -0.1) is 0 Å². The van der Waals surface area contributed by atoms with E-state index in [0.29, 0.717) is 12.8 Å². The highest BCUT2D eigenvalue weighted by molar-refractivity contribution is 5.66. The Kier molecular flexibility index (Phi) is 15.6. The SMILES string of the molecule is CCCCC/C=C\C/C=C\CC(O)/C=C\C=C/CCCC(=O)O. The number of carboxylic acids is 1. The number of hydrogen-bond acceptors (Lipinski definition) is 2. The van der Waals surface area contributed by atoms with E-state index in [9.17, 15) is 9.90 Å². The van der Waals surface area contributed by atoms with Crippen molar-refractivity contribution in [1.82, 2.24) is 0 Å². The van der Waals surface area contributed by atoms with Crippen molar-refractivity contribution in [3.8, 4) is 0 Å². The first-order valence-corrected chi connectivity index (χ1v) is 8.70. The van der Waals surface area contributed by atoms with Gasteiger partial charge in [-0.05, 0) is 38.5 Å². The van der Waals surface area contributed by atoms with Gasteiger partial charge in [-0.3, -0.25) is 4.79 Å². The zero-order chi connectivity index (χ0) is 17.2. The Labute approximate surface area is 141 Å². The molecule has 0 rings (SSSR count). The Morgan fingerprint density at radius 3 is 2.43 bits per heavy atom. The molecule has 0 fully saturated rings. The molecule has 0 bridgehead atoms. The Morgan fingerprint density at radius 2 is 1.70 bits per heavy atom. The minimum atomic E-state index is -0.757. The summed E-state index contributed by atoms with van der Waals surface area (Å²) in [6.45, 7) is 2.21. The predicted octanol–water partition coefficient (Wildman–Crippen LogP) is 5.19. The summed E-state index contributed by atoms with van der Waals surface area (Å²) in [7, 11) is 0. The number of hydrogen-bond donors (Lipinski definition) is 2. The molecule has 1 atom stereocenters. The topological polar surface area (TPSA) is 57.5 Å². The predicted molar refractivity (Wildman–Crippen MR) is 97.4 cm³/mol. The monoisotopic (exact) mass is 320 g/mol. The van der Waals surface area contributed by atoms with Crippen LogP contribution < -0.4 is 0 Å². The molecule has 0 aromatic heterocycles. The van der Waals surface area contributed by atoms with Crippen LogP contribution in [-0.2, 0) is 4.79 Å². The van der Waals surface area contributed by atoms with Crippen molar-refractivity contribution >= 4 is 5.97 Å². The summed E-state index contributed by atoms with van der Waals surface area (Å²) < 4.78 is 0.